The maximum atomic E-state index is 12.1. The van der Waals surface area contributed by atoms with E-state index in [-0.39, 0.29) is 6.03 Å². The zero-order valence-electron chi connectivity index (χ0n) is 12.2. The van der Waals surface area contributed by atoms with Crippen molar-refractivity contribution in [1.29, 1.82) is 0 Å². The highest BCUT2D eigenvalue weighted by molar-refractivity contribution is 5.86. The minimum atomic E-state index is -1.14. The highest BCUT2D eigenvalue weighted by Crippen LogP contribution is 2.25. The number of carbonyl (C=O) groups excluding carboxylic acids is 1. The molecule has 19 heavy (non-hydrogen) atoms. The van der Waals surface area contributed by atoms with Gasteiger partial charge < -0.3 is 15.3 Å². The van der Waals surface area contributed by atoms with Crippen LogP contribution in [0, 0.1) is 5.92 Å². The largest absolute Gasteiger partial charge is 0.480 e. The van der Waals surface area contributed by atoms with E-state index in [2.05, 4.69) is 5.32 Å². The van der Waals surface area contributed by atoms with Gasteiger partial charge in [-0.15, -0.1) is 0 Å². The summed E-state index contributed by atoms with van der Waals surface area (Å²) in [4.78, 5) is 25.1. The summed E-state index contributed by atoms with van der Waals surface area (Å²) in [5.74, 6) is -0.390. The fraction of sp³-hybridized carbons (Fsp3) is 0.857. The average molecular weight is 270 g/mol. The van der Waals surface area contributed by atoms with E-state index in [0.717, 1.165) is 6.54 Å². The van der Waals surface area contributed by atoms with Crippen molar-refractivity contribution in [2.24, 2.45) is 5.92 Å². The Morgan fingerprint density at radius 2 is 1.79 bits per heavy atom. The van der Waals surface area contributed by atoms with Gasteiger partial charge in [0, 0.05) is 13.6 Å². The minimum Gasteiger partial charge on any atom is -0.480 e. The molecule has 1 saturated carbocycles. The van der Waals surface area contributed by atoms with Gasteiger partial charge in [0.05, 0.1) is 0 Å². The smallest absolute Gasteiger partial charge is 0.329 e. The number of rotatable bonds is 6. The van der Waals surface area contributed by atoms with Gasteiger partial charge in [-0.2, -0.15) is 0 Å². The standard InChI is InChI=1S/C14H26N2O3/c1-4-14(5-2,12(17)18)15-13(19)16(3)10-11-8-6-7-9-11/h11H,4-10H2,1-3H3,(H,15,19)(H,17,18). The van der Waals surface area contributed by atoms with Crippen LogP contribution in [-0.2, 0) is 4.79 Å². The number of aliphatic carboxylic acids is 1. The number of hydrogen-bond acceptors (Lipinski definition) is 2. The summed E-state index contributed by atoms with van der Waals surface area (Å²) in [7, 11) is 1.74. The molecule has 0 aromatic rings. The molecular formula is C14H26N2O3. The molecule has 1 aliphatic carbocycles. The van der Waals surface area contributed by atoms with E-state index in [4.69, 9.17) is 0 Å². The van der Waals surface area contributed by atoms with E-state index >= 15 is 0 Å². The van der Waals surface area contributed by atoms with Crippen LogP contribution in [0.2, 0.25) is 0 Å². The Kier molecular flexibility index (Phi) is 5.63. The van der Waals surface area contributed by atoms with Gasteiger partial charge in [0.15, 0.2) is 0 Å². The lowest BCUT2D eigenvalue weighted by molar-refractivity contribution is -0.144. The maximum Gasteiger partial charge on any atom is 0.329 e. The van der Waals surface area contributed by atoms with Crippen molar-refractivity contribution < 1.29 is 14.7 Å². The van der Waals surface area contributed by atoms with Gasteiger partial charge in [0.1, 0.15) is 5.54 Å². The second kappa shape index (κ2) is 6.78. The van der Waals surface area contributed by atoms with Crippen LogP contribution in [0.4, 0.5) is 4.79 Å². The first-order valence-electron chi connectivity index (χ1n) is 7.21. The number of carboxylic acids is 1. The Bertz CT molecular complexity index is 321. The van der Waals surface area contributed by atoms with E-state index < -0.39 is 11.5 Å². The first-order valence-corrected chi connectivity index (χ1v) is 7.21. The second-order valence-corrected chi connectivity index (χ2v) is 5.56. The van der Waals surface area contributed by atoms with Crippen molar-refractivity contribution in [2.75, 3.05) is 13.6 Å². The topological polar surface area (TPSA) is 69.6 Å². The number of amides is 2. The van der Waals surface area contributed by atoms with Gasteiger partial charge in [-0.05, 0) is 31.6 Å². The number of carbonyl (C=O) groups is 2. The van der Waals surface area contributed by atoms with Gasteiger partial charge in [0.25, 0.3) is 0 Å². The van der Waals surface area contributed by atoms with Crippen molar-refractivity contribution in [3.8, 4) is 0 Å². The van der Waals surface area contributed by atoms with Gasteiger partial charge in [-0.3, -0.25) is 0 Å². The van der Waals surface area contributed by atoms with Gasteiger partial charge >= 0.3 is 12.0 Å². The molecule has 0 aromatic heterocycles. The summed E-state index contributed by atoms with van der Waals surface area (Å²) < 4.78 is 0. The predicted octanol–water partition coefficient (Wildman–Crippen LogP) is 2.46. The van der Waals surface area contributed by atoms with Crippen LogP contribution in [-0.4, -0.2) is 41.1 Å². The molecule has 0 atom stereocenters. The molecule has 1 fully saturated rings. The molecule has 110 valence electrons. The summed E-state index contributed by atoms with van der Waals surface area (Å²) in [5, 5.41) is 12.0. The Labute approximate surface area is 115 Å². The van der Waals surface area contributed by atoms with Crippen molar-refractivity contribution in [1.82, 2.24) is 10.2 Å². The van der Waals surface area contributed by atoms with E-state index in [1.807, 2.05) is 0 Å². The number of carboxylic acid groups (broad SMARTS) is 1. The maximum absolute atomic E-state index is 12.1. The first-order chi connectivity index (χ1) is 8.95. The normalized spacial score (nSPS) is 16.4. The highest BCUT2D eigenvalue weighted by atomic mass is 16.4. The number of nitrogens with one attached hydrogen (secondary N) is 1. The number of urea groups is 1. The molecule has 0 bridgehead atoms. The quantitative estimate of drug-likeness (QED) is 0.779. The summed E-state index contributed by atoms with van der Waals surface area (Å²) >= 11 is 0. The minimum absolute atomic E-state index is 0.280. The first kappa shape index (κ1) is 15.8. The molecular weight excluding hydrogens is 244 g/mol. The fourth-order valence-electron chi connectivity index (χ4n) is 2.75. The van der Waals surface area contributed by atoms with Gasteiger partial charge in [-0.1, -0.05) is 26.7 Å². The summed E-state index contributed by atoms with van der Waals surface area (Å²) in [5.41, 5.74) is -1.14. The Morgan fingerprint density at radius 3 is 2.21 bits per heavy atom. The molecule has 2 amide bonds. The Morgan fingerprint density at radius 1 is 1.26 bits per heavy atom. The number of hydrogen-bond donors (Lipinski definition) is 2. The molecule has 5 heteroatoms. The van der Waals surface area contributed by atoms with Crippen LogP contribution in [0.5, 0.6) is 0 Å². The zero-order valence-corrected chi connectivity index (χ0v) is 12.2. The molecule has 0 aromatic carbocycles. The van der Waals surface area contributed by atoms with E-state index in [1.54, 1.807) is 25.8 Å². The third-order valence-electron chi connectivity index (χ3n) is 4.32. The van der Waals surface area contributed by atoms with Crippen LogP contribution >= 0.6 is 0 Å². The van der Waals surface area contributed by atoms with Crippen molar-refractivity contribution >= 4 is 12.0 Å². The average Bonchev–Trinajstić information content (AvgIpc) is 2.88. The zero-order chi connectivity index (χ0) is 14.5. The molecule has 0 spiro atoms. The summed E-state index contributed by atoms with van der Waals surface area (Å²) in [6.07, 6.45) is 5.60. The molecule has 0 heterocycles. The SMILES string of the molecule is CCC(CC)(NC(=O)N(C)CC1CCCC1)C(=O)O. The van der Waals surface area contributed by atoms with E-state index in [1.165, 1.54) is 25.7 Å². The molecule has 0 radical (unpaired) electrons. The lowest BCUT2D eigenvalue weighted by Crippen LogP contribution is -2.57. The molecule has 5 nitrogen and oxygen atoms in total. The Balaban J connectivity index is 2.58. The molecule has 0 aliphatic heterocycles. The molecule has 0 unspecified atom stereocenters. The second-order valence-electron chi connectivity index (χ2n) is 5.56. The van der Waals surface area contributed by atoms with Crippen LogP contribution in [0.25, 0.3) is 0 Å². The summed E-state index contributed by atoms with van der Waals surface area (Å²) in [6.45, 7) is 4.29. The lowest BCUT2D eigenvalue weighted by atomic mass is 9.93. The number of nitrogens with zero attached hydrogens (tertiary/aromatic N) is 1. The van der Waals surface area contributed by atoms with Crippen LogP contribution in [0.1, 0.15) is 52.4 Å². The van der Waals surface area contributed by atoms with Crippen LogP contribution < -0.4 is 5.32 Å². The van der Waals surface area contributed by atoms with Crippen LogP contribution in [0.15, 0.2) is 0 Å². The van der Waals surface area contributed by atoms with Crippen molar-refractivity contribution in [2.45, 2.75) is 57.9 Å². The van der Waals surface area contributed by atoms with E-state index in [0.29, 0.717) is 18.8 Å². The molecule has 1 rings (SSSR count). The molecule has 1 aliphatic rings. The Hall–Kier alpha value is -1.26. The third-order valence-corrected chi connectivity index (χ3v) is 4.32. The highest BCUT2D eigenvalue weighted by Gasteiger charge is 2.37. The van der Waals surface area contributed by atoms with Crippen molar-refractivity contribution in [3.05, 3.63) is 0 Å². The lowest BCUT2D eigenvalue weighted by Gasteiger charge is -2.31. The van der Waals surface area contributed by atoms with Crippen molar-refractivity contribution in [3.63, 3.8) is 0 Å². The third kappa shape index (κ3) is 3.85. The molecule has 2 N–H and O–H groups in total. The summed E-state index contributed by atoms with van der Waals surface area (Å²) in [6, 6.07) is -0.280. The van der Waals surface area contributed by atoms with Gasteiger partial charge in [-0.25, -0.2) is 9.59 Å². The van der Waals surface area contributed by atoms with E-state index in [9.17, 15) is 14.7 Å². The fourth-order valence-corrected chi connectivity index (χ4v) is 2.75. The molecule has 0 saturated heterocycles. The monoisotopic (exact) mass is 270 g/mol. The predicted molar refractivity (Wildman–Crippen MR) is 74.1 cm³/mol. The van der Waals surface area contributed by atoms with Crippen LogP contribution in [0.3, 0.4) is 0 Å². The van der Waals surface area contributed by atoms with Gasteiger partial charge in [0.2, 0.25) is 0 Å².